The monoisotopic (exact) mass is 381 g/mol. The van der Waals surface area contributed by atoms with Crippen LogP contribution in [-0.4, -0.2) is 43.7 Å². The van der Waals surface area contributed by atoms with Crippen LogP contribution in [0.4, 0.5) is 5.69 Å². The fraction of sp³-hybridized carbons (Fsp3) is 0.579. The zero-order valence-electron chi connectivity index (χ0n) is 15.1. The van der Waals surface area contributed by atoms with Gasteiger partial charge in [0.05, 0.1) is 6.04 Å². The number of nitrogens with zero attached hydrogens (tertiary/aromatic N) is 1. The SMILES string of the molecule is Cc1ccc(N2CCCC(NC(=O)C(N)C3CCOCC3)C2=O)cc1.Cl. The van der Waals surface area contributed by atoms with Crippen LogP contribution in [0, 0.1) is 12.8 Å². The molecule has 1 aromatic rings. The first-order valence-electron chi connectivity index (χ1n) is 9.08. The summed E-state index contributed by atoms with van der Waals surface area (Å²) in [4.78, 5) is 27.0. The molecule has 0 aliphatic carbocycles. The minimum atomic E-state index is -0.577. The zero-order chi connectivity index (χ0) is 17.8. The summed E-state index contributed by atoms with van der Waals surface area (Å²) in [5.41, 5.74) is 8.16. The fourth-order valence-electron chi connectivity index (χ4n) is 3.55. The van der Waals surface area contributed by atoms with E-state index in [-0.39, 0.29) is 30.1 Å². The topological polar surface area (TPSA) is 84.7 Å². The van der Waals surface area contributed by atoms with E-state index in [0.29, 0.717) is 26.2 Å². The van der Waals surface area contributed by atoms with Crippen molar-refractivity contribution >= 4 is 29.9 Å². The van der Waals surface area contributed by atoms with E-state index < -0.39 is 12.1 Å². The number of nitrogens with two attached hydrogens (primary N) is 1. The highest BCUT2D eigenvalue weighted by atomic mass is 35.5. The molecule has 0 radical (unpaired) electrons. The van der Waals surface area contributed by atoms with Crippen molar-refractivity contribution in [1.82, 2.24) is 5.32 Å². The predicted octanol–water partition coefficient (Wildman–Crippen LogP) is 1.78. The molecule has 2 aliphatic heterocycles. The maximum Gasteiger partial charge on any atom is 0.249 e. The van der Waals surface area contributed by atoms with Crippen molar-refractivity contribution < 1.29 is 14.3 Å². The minimum absolute atomic E-state index is 0. The van der Waals surface area contributed by atoms with Crippen LogP contribution in [0.2, 0.25) is 0 Å². The van der Waals surface area contributed by atoms with Crippen LogP contribution >= 0.6 is 12.4 Å². The first-order chi connectivity index (χ1) is 12.1. The highest BCUT2D eigenvalue weighted by Crippen LogP contribution is 2.22. The van der Waals surface area contributed by atoms with E-state index in [1.54, 1.807) is 4.90 Å². The number of hydrogen-bond donors (Lipinski definition) is 2. The number of anilines is 1. The molecule has 2 heterocycles. The standard InChI is InChI=1S/C19H27N3O3.ClH/c1-13-4-6-15(7-5-13)22-10-2-3-16(19(22)24)21-18(23)17(20)14-8-11-25-12-9-14;/h4-7,14,16-17H,2-3,8-12,20H2,1H3,(H,21,23);1H. The summed E-state index contributed by atoms with van der Waals surface area (Å²) in [5, 5.41) is 2.88. The molecule has 6 nitrogen and oxygen atoms in total. The quantitative estimate of drug-likeness (QED) is 0.832. The van der Waals surface area contributed by atoms with E-state index in [0.717, 1.165) is 30.5 Å². The molecule has 1 aromatic carbocycles. The summed E-state index contributed by atoms with van der Waals surface area (Å²) in [6, 6.07) is 6.81. The van der Waals surface area contributed by atoms with Gasteiger partial charge in [0.1, 0.15) is 6.04 Å². The number of carbonyl (C=O) groups is 2. The molecule has 7 heteroatoms. The van der Waals surface area contributed by atoms with Gasteiger partial charge in [0.15, 0.2) is 0 Å². The van der Waals surface area contributed by atoms with Crippen LogP contribution in [0.15, 0.2) is 24.3 Å². The van der Waals surface area contributed by atoms with E-state index in [2.05, 4.69) is 5.32 Å². The average molecular weight is 382 g/mol. The normalized spacial score (nSPS) is 22.5. The first-order valence-corrected chi connectivity index (χ1v) is 9.08. The van der Waals surface area contributed by atoms with Crippen molar-refractivity contribution in [2.75, 3.05) is 24.7 Å². The van der Waals surface area contributed by atoms with Crippen molar-refractivity contribution in [3.8, 4) is 0 Å². The number of halogens is 1. The highest BCUT2D eigenvalue weighted by Gasteiger charge is 2.33. The lowest BCUT2D eigenvalue weighted by Gasteiger charge is -2.34. The van der Waals surface area contributed by atoms with E-state index >= 15 is 0 Å². The minimum Gasteiger partial charge on any atom is -0.381 e. The summed E-state index contributed by atoms with van der Waals surface area (Å²) in [6.07, 6.45) is 3.11. The number of carbonyl (C=O) groups excluding carboxylic acids is 2. The molecule has 2 atom stereocenters. The van der Waals surface area contributed by atoms with Crippen molar-refractivity contribution in [3.05, 3.63) is 29.8 Å². The van der Waals surface area contributed by atoms with E-state index in [9.17, 15) is 9.59 Å². The third-order valence-corrected chi connectivity index (χ3v) is 5.18. The number of piperidine rings is 1. The van der Waals surface area contributed by atoms with Crippen LogP contribution < -0.4 is 16.0 Å². The Labute approximate surface area is 160 Å². The average Bonchev–Trinajstić information content (AvgIpc) is 2.64. The molecule has 0 spiro atoms. The van der Waals surface area contributed by atoms with Crippen LogP contribution in [0.25, 0.3) is 0 Å². The summed E-state index contributed by atoms with van der Waals surface area (Å²) >= 11 is 0. The van der Waals surface area contributed by atoms with Gasteiger partial charge >= 0.3 is 0 Å². The number of amides is 2. The Bertz CT molecular complexity index is 617. The van der Waals surface area contributed by atoms with Crippen molar-refractivity contribution in [2.45, 2.75) is 44.7 Å². The third kappa shape index (κ3) is 4.75. The number of nitrogens with one attached hydrogen (secondary N) is 1. The second-order valence-electron chi connectivity index (χ2n) is 7.00. The molecule has 0 bridgehead atoms. The van der Waals surface area contributed by atoms with Gasteiger partial charge in [-0.15, -0.1) is 12.4 Å². The predicted molar refractivity (Wildman–Crippen MR) is 103 cm³/mol. The maximum atomic E-state index is 12.8. The van der Waals surface area contributed by atoms with Gasteiger partial charge in [-0.25, -0.2) is 0 Å². The largest absolute Gasteiger partial charge is 0.381 e. The lowest BCUT2D eigenvalue weighted by molar-refractivity contribution is -0.130. The number of ether oxygens (including phenoxy) is 1. The van der Waals surface area contributed by atoms with Gasteiger partial charge in [0.2, 0.25) is 11.8 Å². The molecule has 2 amide bonds. The van der Waals surface area contributed by atoms with Gasteiger partial charge in [-0.3, -0.25) is 9.59 Å². The molecular formula is C19H28ClN3O3. The Morgan fingerprint density at radius 1 is 1.23 bits per heavy atom. The Balaban J connectivity index is 0.00000243. The lowest BCUT2D eigenvalue weighted by atomic mass is 9.91. The summed E-state index contributed by atoms with van der Waals surface area (Å²) in [7, 11) is 0. The molecule has 144 valence electrons. The van der Waals surface area contributed by atoms with Crippen LogP contribution in [-0.2, 0) is 14.3 Å². The molecule has 3 rings (SSSR count). The summed E-state index contributed by atoms with van der Waals surface area (Å²) < 4.78 is 5.32. The van der Waals surface area contributed by atoms with Crippen molar-refractivity contribution in [3.63, 3.8) is 0 Å². The van der Waals surface area contributed by atoms with Gasteiger partial charge in [0, 0.05) is 25.4 Å². The first kappa shape index (κ1) is 20.7. The summed E-state index contributed by atoms with van der Waals surface area (Å²) in [5.74, 6) is -0.153. The van der Waals surface area contributed by atoms with Crippen molar-refractivity contribution in [2.24, 2.45) is 11.7 Å². The van der Waals surface area contributed by atoms with E-state index in [1.807, 2.05) is 31.2 Å². The number of benzene rings is 1. The fourth-order valence-corrected chi connectivity index (χ4v) is 3.55. The Hall–Kier alpha value is -1.63. The van der Waals surface area contributed by atoms with Crippen LogP contribution in [0.3, 0.4) is 0 Å². The van der Waals surface area contributed by atoms with Gasteiger partial charge in [-0.1, -0.05) is 17.7 Å². The van der Waals surface area contributed by atoms with Crippen LogP contribution in [0.1, 0.15) is 31.2 Å². The smallest absolute Gasteiger partial charge is 0.249 e. The maximum absolute atomic E-state index is 12.8. The molecular weight excluding hydrogens is 354 g/mol. The lowest BCUT2D eigenvalue weighted by Crippen LogP contribution is -2.57. The second kappa shape index (κ2) is 9.35. The number of hydrogen-bond acceptors (Lipinski definition) is 4. The van der Waals surface area contributed by atoms with Crippen LogP contribution in [0.5, 0.6) is 0 Å². The zero-order valence-corrected chi connectivity index (χ0v) is 16.0. The number of aryl methyl sites for hydroxylation is 1. The molecule has 2 unspecified atom stereocenters. The third-order valence-electron chi connectivity index (χ3n) is 5.18. The molecule has 0 aromatic heterocycles. The molecule has 2 aliphatic rings. The van der Waals surface area contributed by atoms with Gasteiger partial charge in [0.25, 0.3) is 0 Å². The molecule has 3 N–H and O–H groups in total. The van der Waals surface area contributed by atoms with Crippen molar-refractivity contribution in [1.29, 1.82) is 0 Å². The van der Waals surface area contributed by atoms with E-state index in [4.69, 9.17) is 10.5 Å². The second-order valence-corrected chi connectivity index (χ2v) is 7.00. The molecule has 26 heavy (non-hydrogen) atoms. The number of rotatable bonds is 4. The summed E-state index contributed by atoms with van der Waals surface area (Å²) in [6.45, 7) is 3.99. The Kier molecular flexibility index (Phi) is 7.43. The molecule has 2 saturated heterocycles. The Morgan fingerprint density at radius 2 is 1.88 bits per heavy atom. The van der Waals surface area contributed by atoms with E-state index in [1.165, 1.54) is 0 Å². The van der Waals surface area contributed by atoms with Gasteiger partial charge < -0.3 is 20.7 Å². The molecule has 0 saturated carbocycles. The van der Waals surface area contributed by atoms with Gasteiger partial charge in [-0.2, -0.15) is 0 Å². The Morgan fingerprint density at radius 3 is 2.54 bits per heavy atom. The highest BCUT2D eigenvalue weighted by molar-refractivity contribution is 6.00. The van der Waals surface area contributed by atoms with Gasteiger partial charge in [-0.05, 0) is 50.7 Å². The molecule has 2 fully saturated rings.